The molecule has 8 nitrogen and oxygen atoms in total. The highest BCUT2D eigenvalue weighted by atomic mass is 16.5. The first kappa shape index (κ1) is 19.2. The van der Waals surface area contributed by atoms with Gasteiger partial charge in [-0.25, -0.2) is 4.79 Å². The number of imidazole rings is 2. The fraction of sp³-hybridized carbons (Fsp3) is 0.381. The molecule has 8 heteroatoms. The van der Waals surface area contributed by atoms with Crippen LogP contribution in [0.2, 0.25) is 0 Å². The third kappa shape index (κ3) is 3.00. The molecule has 3 aromatic heterocycles. The summed E-state index contributed by atoms with van der Waals surface area (Å²) in [5.74, 6) is 0.631. The number of aryl methyl sites for hydroxylation is 4. The first-order valence-corrected chi connectivity index (χ1v) is 9.56. The lowest BCUT2D eigenvalue weighted by atomic mass is 10.1. The minimum Gasteiger partial charge on any atom is -0.383 e. The number of ether oxygens (including phenoxy) is 1. The van der Waals surface area contributed by atoms with Gasteiger partial charge in [0.2, 0.25) is 5.78 Å². The Kier molecular flexibility index (Phi) is 4.66. The Morgan fingerprint density at radius 1 is 1.10 bits per heavy atom. The maximum Gasteiger partial charge on any atom is 0.332 e. The summed E-state index contributed by atoms with van der Waals surface area (Å²) in [4.78, 5) is 31.0. The molecule has 0 aliphatic rings. The lowest BCUT2D eigenvalue weighted by molar-refractivity contribution is 0.187. The second-order valence-corrected chi connectivity index (χ2v) is 7.53. The molecule has 0 amide bonds. The van der Waals surface area contributed by atoms with E-state index >= 15 is 0 Å². The molecule has 0 saturated heterocycles. The van der Waals surface area contributed by atoms with Gasteiger partial charge >= 0.3 is 5.69 Å². The zero-order valence-electron chi connectivity index (χ0n) is 17.4. The van der Waals surface area contributed by atoms with Crippen LogP contribution in [0.15, 0.2) is 34.0 Å². The van der Waals surface area contributed by atoms with Crippen molar-refractivity contribution in [1.29, 1.82) is 0 Å². The molecule has 0 radical (unpaired) electrons. The summed E-state index contributed by atoms with van der Waals surface area (Å²) in [7, 11) is 3.30. The first-order valence-electron chi connectivity index (χ1n) is 9.56. The van der Waals surface area contributed by atoms with Gasteiger partial charge < -0.3 is 9.30 Å². The van der Waals surface area contributed by atoms with Crippen molar-refractivity contribution in [3.05, 3.63) is 67.6 Å². The molecular weight excluding hydrogens is 370 g/mol. The van der Waals surface area contributed by atoms with Gasteiger partial charge in [0, 0.05) is 32.6 Å². The SMILES string of the molecule is COCCn1c(C)cn2c3c(=O)n(Cc4cc(C)ccc4C)c(=O)n(C)c3nc12. The predicted octanol–water partition coefficient (Wildman–Crippen LogP) is 1.77. The Morgan fingerprint density at radius 2 is 1.86 bits per heavy atom. The maximum absolute atomic E-state index is 13.4. The molecule has 0 spiro atoms. The molecule has 0 N–H and O–H groups in total. The highest BCUT2D eigenvalue weighted by Crippen LogP contribution is 2.17. The Hall–Kier alpha value is -3.13. The van der Waals surface area contributed by atoms with E-state index in [1.165, 1.54) is 9.13 Å². The maximum atomic E-state index is 13.4. The summed E-state index contributed by atoms with van der Waals surface area (Å²) in [6, 6.07) is 6.05. The molecule has 0 aliphatic heterocycles. The second kappa shape index (κ2) is 7.04. The highest BCUT2D eigenvalue weighted by molar-refractivity contribution is 5.75. The summed E-state index contributed by atoms with van der Waals surface area (Å²) in [6.45, 7) is 7.33. The number of nitrogens with zero attached hydrogens (tertiary/aromatic N) is 5. The molecular formula is C21H25N5O3. The van der Waals surface area contributed by atoms with E-state index in [4.69, 9.17) is 4.74 Å². The summed E-state index contributed by atoms with van der Waals surface area (Å²) in [6.07, 6.45) is 1.88. The quantitative estimate of drug-likeness (QED) is 0.516. The van der Waals surface area contributed by atoms with Crippen molar-refractivity contribution in [2.24, 2.45) is 7.05 Å². The average molecular weight is 395 g/mol. The van der Waals surface area contributed by atoms with E-state index in [9.17, 15) is 9.59 Å². The van der Waals surface area contributed by atoms with E-state index in [-0.39, 0.29) is 17.8 Å². The van der Waals surface area contributed by atoms with Crippen LogP contribution in [0.5, 0.6) is 0 Å². The number of fused-ring (bicyclic) bond motifs is 3. The van der Waals surface area contributed by atoms with Crippen molar-refractivity contribution in [3.63, 3.8) is 0 Å². The molecule has 0 bridgehead atoms. The standard InChI is InChI=1S/C21H25N5O3/c1-13-6-7-14(2)16(10-13)12-26-19(27)17-18(23(4)21(26)28)22-20-24(8-9-29-5)15(3)11-25(17)20/h6-7,10-11H,8-9,12H2,1-5H3. The second-order valence-electron chi connectivity index (χ2n) is 7.53. The van der Waals surface area contributed by atoms with E-state index in [0.717, 1.165) is 22.4 Å². The van der Waals surface area contributed by atoms with Crippen molar-refractivity contribution in [3.8, 4) is 0 Å². The molecule has 29 heavy (non-hydrogen) atoms. The van der Waals surface area contributed by atoms with Gasteiger partial charge in [-0.05, 0) is 31.9 Å². The van der Waals surface area contributed by atoms with Crippen molar-refractivity contribution in [2.75, 3.05) is 13.7 Å². The molecule has 0 atom stereocenters. The smallest absolute Gasteiger partial charge is 0.332 e. The molecule has 1 aromatic carbocycles. The van der Waals surface area contributed by atoms with Gasteiger partial charge in [0.25, 0.3) is 5.56 Å². The fourth-order valence-corrected chi connectivity index (χ4v) is 3.79. The number of methoxy groups -OCH3 is 1. The fourth-order valence-electron chi connectivity index (χ4n) is 3.79. The van der Waals surface area contributed by atoms with Crippen molar-refractivity contribution in [2.45, 2.75) is 33.9 Å². The monoisotopic (exact) mass is 395 g/mol. The van der Waals surface area contributed by atoms with E-state index in [2.05, 4.69) is 4.98 Å². The average Bonchev–Trinajstić information content (AvgIpc) is 3.19. The normalized spacial score (nSPS) is 11.8. The van der Waals surface area contributed by atoms with Crippen LogP contribution in [0.25, 0.3) is 16.9 Å². The third-order valence-electron chi connectivity index (χ3n) is 5.49. The molecule has 4 rings (SSSR count). The van der Waals surface area contributed by atoms with Crippen LogP contribution in [0.1, 0.15) is 22.4 Å². The lowest BCUT2D eigenvalue weighted by Gasteiger charge is -2.11. The van der Waals surface area contributed by atoms with E-state index in [1.807, 2.05) is 49.7 Å². The Labute approximate surface area is 167 Å². The zero-order valence-corrected chi connectivity index (χ0v) is 17.4. The molecule has 3 heterocycles. The van der Waals surface area contributed by atoms with E-state index < -0.39 is 0 Å². The van der Waals surface area contributed by atoms with Crippen LogP contribution in [0.3, 0.4) is 0 Å². The summed E-state index contributed by atoms with van der Waals surface area (Å²) < 4.78 is 11.7. The first-order chi connectivity index (χ1) is 13.8. The van der Waals surface area contributed by atoms with Gasteiger partial charge in [-0.15, -0.1) is 0 Å². The zero-order chi connectivity index (χ0) is 20.9. The van der Waals surface area contributed by atoms with Gasteiger partial charge in [-0.1, -0.05) is 23.8 Å². The predicted molar refractivity (Wildman–Crippen MR) is 112 cm³/mol. The van der Waals surface area contributed by atoms with Crippen LogP contribution in [0.4, 0.5) is 0 Å². The van der Waals surface area contributed by atoms with Crippen LogP contribution < -0.4 is 11.2 Å². The van der Waals surface area contributed by atoms with Crippen LogP contribution in [-0.2, 0) is 24.9 Å². The van der Waals surface area contributed by atoms with Gasteiger partial charge in [0.1, 0.15) is 0 Å². The van der Waals surface area contributed by atoms with Crippen molar-refractivity contribution < 1.29 is 4.74 Å². The number of benzene rings is 1. The van der Waals surface area contributed by atoms with Crippen molar-refractivity contribution in [1.82, 2.24) is 23.1 Å². The Morgan fingerprint density at radius 3 is 2.59 bits per heavy atom. The number of aromatic nitrogens is 5. The number of hydrogen-bond donors (Lipinski definition) is 0. The van der Waals surface area contributed by atoms with Gasteiger partial charge in [-0.2, -0.15) is 4.98 Å². The van der Waals surface area contributed by atoms with Gasteiger partial charge in [0.15, 0.2) is 11.2 Å². The van der Waals surface area contributed by atoms with Crippen LogP contribution in [0, 0.1) is 20.8 Å². The van der Waals surface area contributed by atoms with Gasteiger partial charge in [-0.3, -0.25) is 18.3 Å². The minimum atomic E-state index is -0.371. The van der Waals surface area contributed by atoms with E-state index in [0.29, 0.717) is 30.1 Å². The number of hydrogen-bond acceptors (Lipinski definition) is 4. The molecule has 0 unspecified atom stereocenters. The Bertz CT molecular complexity index is 1350. The summed E-state index contributed by atoms with van der Waals surface area (Å²) >= 11 is 0. The van der Waals surface area contributed by atoms with Crippen LogP contribution >= 0.6 is 0 Å². The molecule has 0 saturated carbocycles. The minimum absolute atomic E-state index is 0.228. The molecule has 0 aliphatic carbocycles. The molecule has 152 valence electrons. The van der Waals surface area contributed by atoms with E-state index in [1.54, 1.807) is 18.6 Å². The summed E-state index contributed by atoms with van der Waals surface area (Å²) in [5, 5.41) is 0. The van der Waals surface area contributed by atoms with Gasteiger partial charge in [0.05, 0.1) is 13.2 Å². The molecule has 0 fully saturated rings. The number of rotatable bonds is 5. The third-order valence-corrected chi connectivity index (χ3v) is 5.49. The molecule has 4 aromatic rings. The largest absolute Gasteiger partial charge is 0.383 e. The lowest BCUT2D eigenvalue weighted by Crippen LogP contribution is -2.39. The topological polar surface area (TPSA) is 75.5 Å². The highest BCUT2D eigenvalue weighted by Gasteiger charge is 2.20. The Balaban J connectivity index is 1.98. The summed E-state index contributed by atoms with van der Waals surface area (Å²) in [5.41, 5.74) is 4.16. The van der Waals surface area contributed by atoms with Crippen LogP contribution in [-0.4, -0.2) is 36.8 Å². The van der Waals surface area contributed by atoms with Crippen molar-refractivity contribution >= 4 is 16.9 Å².